The number of carbonyl (C=O) groups is 1. The Morgan fingerprint density at radius 1 is 2.00 bits per heavy atom. The summed E-state index contributed by atoms with van der Waals surface area (Å²) in [6, 6.07) is 0. The fourth-order valence-electron chi connectivity index (χ4n) is 0.435. The van der Waals surface area contributed by atoms with Crippen LogP contribution in [0.5, 0.6) is 0 Å². The van der Waals surface area contributed by atoms with E-state index < -0.39 is 0 Å². The van der Waals surface area contributed by atoms with Gasteiger partial charge in [-0.3, -0.25) is 4.79 Å². The zero-order valence-corrected chi connectivity index (χ0v) is 5.35. The van der Waals surface area contributed by atoms with Gasteiger partial charge in [0.1, 0.15) is 0 Å². The van der Waals surface area contributed by atoms with E-state index in [1.54, 1.807) is 6.92 Å². The van der Waals surface area contributed by atoms with E-state index in [1.807, 2.05) is 6.92 Å². The van der Waals surface area contributed by atoms with E-state index in [0.717, 1.165) is 0 Å². The van der Waals surface area contributed by atoms with Crippen LogP contribution in [0.4, 0.5) is 0 Å². The van der Waals surface area contributed by atoms with Gasteiger partial charge >= 0.3 is 0 Å². The van der Waals surface area contributed by atoms with Crippen molar-refractivity contribution in [2.24, 2.45) is 11.7 Å². The second-order valence-corrected chi connectivity index (χ2v) is 1.98. The largest absolute Gasteiger partial charge is 0.370 e. The molecule has 2 nitrogen and oxygen atoms in total. The molecule has 0 aromatic heterocycles. The predicted molar refractivity (Wildman–Crippen MR) is 33.3 cm³/mol. The van der Waals surface area contributed by atoms with Gasteiger partial charge in [0, 0.05) is 7.79 Å². The van der Waals surface area contributed by atoms with Gasteiger partial charge in [-0.15, -0.1) is 0 Å². The number of amides is 1. The zero-order chi connectivity index (χ0) is 7.44. The van der Waals surface area contributed by atoms with Gasteiger partial charge in [-0.25, -0.2) is 0 Å². The fraction of sp³-hybridized carbons (Fsp3) is 0.833. The summed E-state index contributed by atoms with van der Waals surface area (Å²) in [5.41, 5.74) is 4.91. The quantitative estimate of drug-likeness (QED) is 0.585. The van der Waals surface area contributed by atoms with Crippen molar-refractivity contribution in [2.45, 2.75) is 26.7 Å². The minimum atomic E-state index is -0.318. The number of primary amides is 1. The van der Waals surface area contributed by atoms with Crippen LogP contribution in [0.2, 0.25) is 0 Å². The Balaban J connectivity index is 3.50. The molecule has 0 aliphatic heterocycles. The first-order valence-electron chi connectivity index (χ1n) is 3.32. The molecule has 0 saturated carbocycles. The van der Waals surface area contributed by atoms with Gasteiger partial charge in [0.15, 0.2) is 0 Å². The van der Waals surface area contributed by atoms with Gasteiger partial charge in [0.05, 0.1) is 0 Å². The molecule has 48 valence electrons. The van der Waals surface area contributed by atoms with Crippen LogP contribution in [-0.2, 0) is 4.79 Å². The maximum atomic E-state index is 10.3. The molecule has 0 unspecified atom stereocenters. The summed E-state index contributed by atoms with van der Waals surface area (Å²) in [5.74, 6) is -0.232. The van der Waals surface area contributed by atoms with E-state index in [0.29, 0.717) is 6.42 Å². The number of hydrogen-bond donors (Lipinski definition) is 1. The van der Waals surface area contributed by atoms with Crippen molar-refractivity contribution >= 4 is 5.91 Å². The molecular weight excluding hydrogens is 102 g/mol. The van der Waals surface area contributed by atoms with Crippen molar-refractivity contribution in [3.8, 4) is 0 Å². The molecule has 2 atom stereocenters. The molecule has 0 fully saturated rings. The van der Waals surface area contributed by atoms with Crippen molar-refractivity contribution < 1.29 is 6.17 Å². The first kappa shape index (κ1) is 5.60. The van der Waals surface area contributed by atoms with Crippen LogP contribution < -0.4 is 5.73 Å². The average Bonchev–Trinajstić information content (AvgIpc) is 1.63. The highest BCUT2D eigenvalue weighted by atomic mass is 16.1. The first-order valence-corrected chi connectivity index (χ1v) is 2.74. The Kier molecular flexibility index (Phi) is 2.43. The van der Waals surface area contributed by atoms with Crippen LogP contribution in [-0.4, -0.2) is 5.91 Å². The molecule has 0 aromatic carbocycles. The van der Waals surface area contributed by atoms with Crippen LogP contribution in [0, 0.1) is 5.92 Å². The highest BCUT2D eigenvalue weighted by Gasteiger charge is 2.00. The monoisotopic (exact) mass is 116 g/mol. The van der Waals surface area contributed by atoms with E-state index in [2.05, 4.69) is 0 Å². The first-order chi connectivity index (χ1) is 4.04. The zero-order valence-electron chi connectivity index (χ0n) is 6.35. The van der Waals surface area contributed by atoms with Crippen LogP contribution in [0.15, 0.2) is 0 Å². The van der Waals surface area contributed by atoms with Gasteiger partial charge in [0.2, 0.25) is 5.91 Å². The molecule has 0 aliphatic carbocycles. The minimum absolute atomic E-state index is 0.0856. The molecule has 0 aromatic rings. The van der Waals surface area contributed by atoms with E-state index in [9.17, 15) is 4.79 Å². The van der Waals surface area contributed by atoms with Gasteiger partial charge < -0.3 is 5.73 Å². The summed E-state index contributed by atoms with van der Waals surface area (Å²) >= 11 is 0. The topological polar surface area (TPSA) is 43.1 Å². The lowest BCUT2D eigenvalue weighted by Crippen LogP contribution is -2.13. The average molecular weight is 116 g/mol. The molecule has 0 radical (unpaired) electrons. The molecule has 2 N–H and O–H groups in total. The molecule has 1 amide bonds. The van der Waals surface area contributed by atoms with Crippen molar-refractivity contribution in [2.75, 3.05) is 0 Å². The number of hydrogen-bond acceptors (Lipinski definition) is 1. The van der Waals surface area contributed by atoms with Crippen LogP contribution in [0.3, 0.4) is 0 Å². The van der Waals surface area contributed by atoms with Crippen molar-refractivity contribution in [1.82, 2.24) is 0 Å². The Morgan fingerprint density at radius 2 is 2.50 bits per heavy atom. The summed E-state index contributed by atoms with van der Waals surface area (Å²) in [7, 11) is 0. The highest BCUT2D eigenvalue weighted by molar-refractivity contribution is 5.73. The summed E-state index contributed by atoms with van der Waals surface area (Å²) < 4.78 is 7.17. The van der Waals surface area contributed by atoms with Gasteiger partial charge in [-0.2, -0.15) is 0 Å². The van der Waals surface area contributed by atoms with Crippen molar-refractivity contribution in [3.05, 3.63) is 0 Å². The van der Waals surface area contributed by atoms with Crippen molar-refractivity contribution in [3.63, 3.8) is 0 Å². The number of carbonyl (C=O) groups excluding carboxylic acids is 1. The summed E-state index contributed by atoms with van der Waals surface area (Å²) in [6.07, 6.45) is 0.127. The second kappa shape index (κ2) is 3.47. The van der Waals surface area contributed by atoms with E-state index in [-0.39, 0.29) is 18.2 Å². The fourth-order valence-corrected chi connectivity index (χ4v) is 0.435. The predicted octanol–water partition coefficient (Wildman–Crippen LogP) is 0.908. The molecule has 0 bridgehead atoms. The Morgan fingerprint density at radius 3 is 2.62 bits per heavy atom. The Bertz CT molecular complexity index is 103. The molecule has 0 saturated heterocycles. The number of nitrogens with two attached hydrogens (primary N) is 1. The molecule has 0 spiro atoms. The lowest BCUT2D eigenvalue weighted by atomic mass is 10.1. The van der Waals surface area contributed by atoms with Gasteiger partial charge in [-0.05, 0) is 5.92 Å². The maximum Gasteiger partial charge on any atom is 0.217 e. The Labute approximate surface area is 51.5 Å². The smallest absolute Gasteiger partial charge is 0.217 e. The molecular formula is C6H13NO. The van der Waals surface area contributed by atoms with Crippen LogP contribution in [0.25, 0.3) is 0 Å². The molecule has 0 heterocycles. The van der Waals surface area contributed by atoms with Gasteiger partial charge in [-0.1, -0.05) is 20.2 Å². The minimum Gasteiger partial charge on any atom is -0.370 e. The lowest BCUT2D eigenvalue weighted by molar-refractivity contribution is -0.118. The molecule has 2 heteroatoms. The normalized spacial score (nSPS) is 19.0. The highest BCUT2D eigenvalue weighted by Crippen LogP contribution is 2.03. The van der Waals surface area contributed by atoms with E-state index >= 15 is 0 Å². The molecule has 8 heavy (non-hydrogen) atoms. The van der Waals surface area contributed by atoms with Gasteiger partial charge in [0.25, 0.3) is 0 Å². The third-order valence-corrected chi connectivity index (χ3v) is 1.09. The van der Waals surface area contributed by atoms with E-state index in [1.165, 1.54) is 0 Å². The number of rotatable bonds is 3. The lowest BCUT2D eigenvalue weighted by Gasteiger charge is -2.01. The van der Waals surface area contributed by atoms with Crippen molar-refractivity contribution in [1.29, 1.82) is 0 Å². The summed E-state index contributed by atoms with van der Waals surface area (Å²) in [5, 5.41) is 0. The summed E-state index contributed by atoms with van der Waals surface area (Å²) in [6.45, 7) is 3.61. The standard InChI is InChI=1S/C6H13NO/c1-3-5(2)4-6(7)8/h5H,3-4H2,1-2H3,(H2,7,8)/t5-/m1/s1/i3D/t3-,5-. The Hall–Kier alpha value is -0.530. The molecule has 0 aliphatic rings. The van der Waals surface area contributed by atoms with E-state index in [4.69, 9.17) is 7.10 Å². The second-order valence-electron chi connectivity index (χ2n) is 1.98. The third-order valence-electron chi connectivity index (χ3n) is 1.09. The van der Waals surface area contributed by atoms with Crippen LogP contribution in [0.1, 0.15) is 28.0 Å². The molecule has 0 rings (SSSR count). The van der Waals surface area contributed by atoms with Crippen LogP contribution >= 0.6 is 0 Å². The SMILES string of the molecule is [2H][C@H](C)[C@@H](C)CC(N)=O. The maximum absolute atomic E-state index is 10.3. The summed E-state index contributed by atoms with van der Waals surface area (Å²) in [4.78, 5) is 10.3. The third kappa shape index (κ3) is 3.65.